The summed E-state index contributed by atoms with van der Waals surface area (Å²) in [5.41, 5.74) is 9.77. The molecule has 3 aromatic carbocycles. The third-order valence-corrected chi connectivity index (χ3v) is 22.1. The van der Waals surface area contributed by atoms with E-state index in [0.29, 0.717) is 132 Å². The van der Waals surface area contributed by atoms with Gasteiger partial charge in [0.25, 0.3) is 0 Å². The fourth-order valence-corrected chi connectivity index (χ4v) is 15.9. The summed E-state index contributed by atoms with van der Waals surface area (Å²) in [6, 6.07) is 28.0. The number of fused-ring (bicyclic) bond motifs is 3. The van der Waals surface area contributed by atoms with E-state index < -0.39 is 59.0 Å². The maximum Gasteiger partial charge on any atom is 0.411 e. The lowest BCUT2D eigenvalue weighted by Gasteiger charge is -2.41. The van der Waals surface area contributed by atoms with Crippen molar-refractivity contribution in [1.82, 2.24) is 69.0 Å². The first-order chi connectivity index (χ1) is 58.0. The number of esters is 1. The maximum absolute atomic E-state index is 15.1. The molecule has 1 N–H and O–H groups in total. The van der Waals surface area contributed by atoms with E-state index in [-0.39, 0.29) is 61.8 Å². The van der Waals surface area contributed by atoms with Crippen molar-refractivity contribution in [3.05, 3.63) is 183 Å². The van der Waals surface area contributed by atoms with Gasteiger partial charge >= 0.3 is 24.1 Å². The van der Waals surface area contributed by atoms with Crippen LogP contribution in [0.25, 0.3) is 101 Å². The zero-order valence-electron chi connectivity index (χ0n) is 67.3. The number of carboxylic acids is 1. The van der Waals surface area contributed by atoms with Crippen molar-refractivity contribution in [2.75, 3.05) is 76.0 Å². The van der Waals surface area contributed by atoms with Crippen LogP contribution in [0.15, 0.2) is 151 Å². The van der Waals surface area contributed by atoms with E-state index in [1.165, 1.54) is 53.3 Å². The van der Waals surface area contributed by atoms with Crippen molar-refractivity contribution >= 4 is 119 Å². The normalized spacial score (nSPS) is 18.5. The van der Waals surface area contributed by atoms with Crippen molar-refractivity contribution in [2.24, 2.45) is 0 Å². The van der Waals surface area contributed by atoms with Gasteiger partial charge in [0.2, 0.25) is 0 Å². The van der Waals surface area contributed by atoms with Gasteiger partial charge in [-0.1, -0.05) is 34.8 Å². The number of carbonyl (C=O) groups excluding carboxylic acids is 3. The van der Waals surface area contributed by atoms with E-state index in [0.717, 1.165) is 79.0 Å². The van der Waals surface area contributed by atoms with Gasteiger partial charge < -0.3 is 43.3 Å². The van der Waals surface area contributed by atoms with E-state index in [1.54, 1.807) is 92.4 Å². The number of carboxylic acid groups (broad SMARTS) is 1. The monoisotopic (exact) mass is 1770 g/mol. The molecule has 9 aromatic heterocycles. The number of aliphatic carboxylic acids is 1. The predicted molar refractivity (Wildman–Crippen MR) is 455 cm³/mol. The minimum Gasteiger partial charge on any atom is -0.480 e. The average molecular weight is 1780 g/mol. The lowest BCUT2D eigenvalue weighted by Crippen LogP contribution is -2.59. The molecule has 630 valence electrons. The van der Waals surface area contributed by atoms with Crippen molar-refractivity contribution in [3.8, 4) is 67.5 Å². The molecular formula is C87H87BrCl3F3N16O11. The van der Waals surface area contributed by atoms with E-state index in [4.69, 9.17) is 93.5 Å². The summed E-state index contributed by atoms with van der Waals surface area (Å²) in [4.78, 5) is 85.3. The van der Waals surface area contributed by atoms with Gasteiger partial charge in [-0.15, -0.1) is 0 Å². The first kappa shape index (κ1) is 85.1. The first-order valence-corrected chi connectivity index (χ1v) is 41.7. The Labute approximate surface area is 718 Å². The van der Waals surface area contributed by atoms with Crippen molar-refractivity contribution in [3.63, 3.8) is 0 Å². The molecule has 34 heteroatoms. The summed E-state index contributed by atoms with van der Waals surface area (Å²) in [5.74, 6) is -2.96. The standard InChI is InChI=1S/C33H36ClFN6O5.C32H34ClFN6O5.C22H17BrClFN4O/c1-33(2,3)46-32(43)40-13-12-39(19-28(40)31(42)44-4)21-16-27-26(36-17-21)11-10-25(37-27)23-18-41(29-7-5-6-14-45-29)38-30(23)22-15-20(34)8-9-24(22)35;1-32(2,3)45-31(43)39-12-11-38(18-27(39)30(41)42)20-15-26-25(35-16-20)10-9-24(36-26)22-17-40(28-6-4-5-13-44-28)37-29(22)21-14-19(33)7-8-23(21)34;23-13-9-20-19(26-11-13)7-6-18(27-20)16-12-29(21-3-1-2-8-30-21)28-22(16)15-10-14(24)4-5-17(15)25/h8-11,15-18,28-29H,5-7,12-14,19H2,1-4H3;7-10,14-17,27-28H,4-6,11-13,18H2,1-3H3,(H,41,42);4-7,9-12,21H,1-3,8H2/t28-,29?;27-,28?;/m11./s1. The van der Waals surface area contributed by atoms with Crippen LogP contribution in [-0.4, -0.2) is 188 Å². The lowest BCUT2D eigenvalue weighted by atomic mass is 10.0. The highest BCUT2D eigenvalue weighted by Crippen LogP contribution is 2.42. The second-order valence-corrected chi connectivity index (χ2v) is 34.1. The lowest BCUT2D eigenvalue weighted by molar-refractivity contribution is -0.147. The molecular weight excluding hydrogens is 1690 g/mol. The zero-order valence-corrected chi connectivity index (χ0v) is 71.2. The molecule has 121 heavy (non-hydrogen) atoms. The van der Waals surface area contributed by atoms with Gasteiger partial charge in [0.05, 0.1) is 81.1 Å². The Balaban J connectivity index is 0.000000144. The fraction of sp³-hybridized carbons (Fsp3) is 0.368. The van der Waals surface area contributed by atoms with Crippen molar-refractivity contribution in [2.45, 2.75) is 141 Å². The Morgan fingerprint density at radius 1 is 0.455 bits per heavy atom. The minimum absolute atomic E-state index is 0.0494. The Kier molecular flexibility index (Phi) is 25.6. The van der Waals surface area contributed by atoms with E-state index >= 15 is 8.78 Å². The Hall–Kier alpha value is -10.9. The van der Waals surface area contributed by atoms with Crippen LogP contribution in [0, 0.1) is 17.5 Å². The molecule has 5 aliphatic heterocycles. The Morgan fingerprint density at radius 2 is 0.810 bits per heavy atom. The Bertz CT molecular complexity index is 5870. The molecule has 12 aromatic rings. The van der Waals surface area contributed by atoms with Gasteiger partial charge in [-0.05, 0) is 224 Å². The number of ether oxygens (including phenoxy) is 6. The van der Waals surface area contributed by atoms with Crippen molar-refractivity contribution < 1.29 is 65.9 Å². The van der Waals surface area contributed by atoms with Crippen LogP contribution in [0.2, 0.25) is 15.1 Å². The molecule has 27 nitrogen and oxygen atoms in total. The molecule has 0 bridgehead atoms. The molecule has 5 fully saturated rings. The number of anilines is 2. The van der Waals surface area contributed by atoms with Crippen LogP contribution in [0.3, 0.4) is 0 Å². The summed E-state index contributed by atoms with van der Waals surface area (Å²) >= 11 is 22.1. The molecule has 3 unspecified atom stereocenters. The van der Waals surface area contributed by atoms with Crippen LogP contribution in [0.5, 0.6) is 0 Å². The number of amides is 2. The van der Waals surface area contributed by atoms with E-state index in [2.05, 4.69) is 30.9 Å². The van der Waals surface area contributed by atoms with Crippen molar-refractivity contribution in [1.29, 1.82) is 0 Å². The topological polar surface area (TPSA) is 288 Å². The highest BCUT2D eigenvalue weighted by atomic mass is 79.9. The van der Waals surface area contributed by atoms with Crippen LogP contribution in [0.4, 0.5) is 34.1 Å². The second kappa shape index (κ2) is 36.4. The maximum atomic E-state index is 15.1. The molecule has 5 saturated heterocycles. The predicted octanol–water partition coefficient (Wildman–Crippen LogP) is 18.8. The summed E-state index contributed by atoms with van der Waals surface area (Å²) in [5, 5.41) is 25.4. The number of methoxy groups -OCH3 is 1. The Morgan fingerprint density at radius 3 is 1.16 bits per heavy atom. The average Bonchev–Trinajstić information content (AvgIpc) is 1.53. The molecule has 0 saturated carbocycles. The fourth-order valence-electron chi connectivity index (χ4n) is 15.0. The largest absolute Gasteiger partial charge is 0.480 e. The molecule has 2 amide bonds. The number of aromatic nitrogens is 12. The van der Waals surface area contributed by atoms with Crippen LogP contribution in [0.1, 0.15) is 118 Å². The number of benzene rings is 3. The van der Waals surface area contributed by atoms with Gasteiger partial charge in [0.1, 0.15) is 70.5 Å². The number of hydrogen-bond donors (Lipinski definition) is 1. The quantitative estimate of drug-likeness (QED) is 0.0828. The third kappa shape index (κ3) is 19.7. The number of piperazine rings is 2. The van der Waals surface area contributed by atoms with Gasteiger partial charge in [-0.3, -0.25) is 24.8 Å². The van der Waals surface area contributed by atoms with Gasteiger partial charge in [-0.2, -0.15) is 15.3 Å². The molecule has 0 aliphatic carbocycles. The smallest absolute Gasteiger partial charge is 0.411 e. The first-order valence-electron chi connectivity index (χ1n) is 39.8. The third-order valence-electron chi connectivity index (χ3n) is 21.0. The molecule has 5 atom stereocenters. The zero-order chi connectivity index (χ0) is 85.1. The molecule has 5 aliphatic rings. The van der Waals surface area contributed by atoms with Crippen LogP contribution in [-0.2, 0) is 38.0 Å². The summed E-state index contributed by atoms with van der Waals surface area (Å²) in [6.07, 6.45) is 17.2. The summed E-state index contributed by atoms with van der Waals surface area (Å²) in [7, 11) is 1.30. The van der Waals surface area contributed by atoms with Gasteiger partial charge in [0, 0.05) is 137 Å². The SMILES string of the molecule is CC(C)(C)OC(=O)N1CCN(c2cnc3ccc(-c4cn(C5CCCCO5)nc4-c4cc(Cl)ccc4F)nc3c2)C[C@@H]1C(=O)O.COC(=O)[C@H]1CN(c2cnc3ccc(-c4cn(C5CCCCO5)nc4-c4cc(Cl)ccc4F)nc3c2)CCN1C(=O)OC(C)(C)C.Fc1ccc(Cl)cc1-c1nn(C2CCCCO2)cc1-c1ccc2ncc(Br)cc2n1. The van der Waals surface area contributed by atoms with E-state index in [1.807, 2.05) is 83.0 Å². The van der Waals surface area contributed by atoms with E-state index in [9.17, 15) is 28.7 Å². The second-order valence-electron chi connectivity index (χ2n) is 31.8. The molecule has 0 radical (unpaired) electrons. The summed E-state index contributed by atoms with van der Waals surface area (Å²) in [6.45, 7) is 13.9. The number of rotatable bonds is 13. The molecule has 14 heterocycles. The highest BCUT2D eigenvalue weighted by Gasteiger charge is 2.41. The molecule has 0 spiro atoms. The van der Waals surface area contributed by atoms with Crippen LogP contribution >= 0.6 is 50.7 Å². The van der Waals surface area contributed by atoms with Crippen LogP contribution < -0.4 is 9.80 Å². The number of carbonyl (C=O) groups is 4. The molecule has 17 rings (SSSR count). The minimum atomic E-state index is -1.13. The summed E-state index contributed by atoms with van der Waals surface area (Å²) < 4.78 is 84.9. The number of halogens is 7. The number of nitrogens with zero attached hydrogens (tertiary/aromatic N) is 16. The number of pyridine rings is 6. The highest BCUT2D eigenvalue weighted by molar-refractivity contribution is 9.10. The number of hydrogen-bond acceptors (Lipinski definition) is 21. The van der Waals surface area contributed by atoms with Gasteiger partial charge in [-0.25, -0.2) is 61.3 Å². The van der Waals surface area contributed by atoms with Gasteiger partial charge in [0.15, 0.2) is 6.04 Å².